The number of rotatable bonds is 5. The summed E-state index contributed by atoms with van der Waals surface area (Å²) in [5.74, 6) is 1.51. The molecular weight excluding hydrogens is 295 g/mol. The maximum absolute atomic E-state index is 12.9. The van der Waals surface area contributed by atoms with Crippen LogP contribution in [0.3, 0.4) is 0 Å². The normalized spacial score (nSPS) is 17.5. The first-order valence-electron chi connectivity index (χ1n) is 7.69. The Labute approximate surface area is 134 Å². The van der Waals surface area contributed by atoms with Gasteiger partial charge < -0.3 is 21.3 Å². The molecule has 2 aromatic rings. The Bertz CT molecular complexity index is 660. The maximum atomic E-state index is 12.9. The Morgan fingerprint density at radius 3 is 2.78 bits per heavy atom. The SMILES string of the molecule is CN[C@@H]1CCN(c2cc(NCc3ccc(F)cc3)nc(N)n2)C1. The average Bonchev–Trinajstić information content (AvgIpc) is 3.03. The van der Waals surface area contributed by atoms with E-state index in [1.54, 1.807) is 12.1 Å². The topological polar surface area (TPSA) is 79.1 Å². The quantitative estimate of drug-likeness (QED) is 0.778. The van der Waals surface area contributed by atoms with E-state index < -0.39 is 0 Å². The predicted molar refractivity (Wildman–Crippen MR) is 89.8 cm³/mol. The van der Waals surface area contributed by atoms with E-state index >= 15 is 0 Å². The van der Waals surface area contributed by atoms with Crippen molar-refractivity contribution in [3.8, 4) is 0 Å². The molecule has 4 N–H and O–H groups in total. The minimum absolute atomic E-state index is 0.240. The van der Waals surface area contributed by atoms with Crippen molar-refractivity contribution in [3.63, 3.8) is 0 Å². The zero-order valence-corrected chi connectivity index (χ0v) is 13.1. The molecule has 0 radical (unpaired) electrons. The van der Waals surface area contributed by atoms with E-state index in [1.165, 1.54) is 12.1 Å². The van der Waals surface area contributed by atoms with Crippen molar-refractivity contribution in [2.45, 2.75) is 19.0 Å². The number of hydrogen-bond donors (Lipinski definition) is 3. The Morgan fingerprint density at radius 2 is 2.09 bits per heavy atom. The van der Waals surface area contributed by atoms with Crippen molar-refractivity contribution in [3.05, 3.63) is 41.7 Å². The van der Waals surface area contributed by atoms with Crippen LogP contribution in [0.4, 0.5) is 22.0 Å². The van der Waals surface area contributed by atoms with Gasteiger partial charge in [0.1, 0.15) is 17.5 Å². The van der Waals surface area contributed by atoms with E-state index in [1.807, 2.05) is 13.1 Å². The lowest BCUT2D eigenvalue weighted by Gasteiger charge is -2.18. The molecule has 0 unspecified atom stereocenters. The summed E-state index contributed by atoms with van der Waals surface area (Å²) in [7, 11) is 1.97. The Morgan fingerprint density at radius 1 is 1.30 bits per heavy atom. The molecule has 1 atom stereocenters. The van der Waals surface area contributed by atoms with Crippen LogP contribution in [0.2, 0.25) is 0 Å². The molecule has 122 valence electrons. The van der Waals surface area contributed by atoms with Crippen LogP contribution in [0.15, 0.2) is 30.3 Å². The van der Waals surface area contributed by atoms with Gasteiger partial charge in [-0.05, 0) is 31.2 Å². The molecule has 23 heavy (non-hydrogen) atoms. The second-order valence-corrected chi connectivity index (χ2v) is 5.67. The van der Waals surface area contributed by atoms with Gasteiger partial charge in [0.15, 0.2) is 0 Å². The number of nitrogens with one attached hydrogen (secondary N) is 2. The number of aromatic nitrogens is 2. The highest BCUT2D eigenvalue weighted by atomic mass is 19.1. The van der Waals surface area contributed by atoms with E-state index in [0.717, 1.165) is 30.9 Å². The monoisotopic (exact) mass is 316 g/mol. The molecule has 2 heterocycles. The van der Waals surface area contributed by atoms with Gasteiger partial charge >= 0.3 is 0 Å². The number of anilines is 3. The average molecular weight is 316 g/mol. The van der Waals surface area contributed by atoms with Gasteiger partial charge in [0.2, 0.25) is 5.95 Å². The van der Waals surface area contributed by atoms with Crippen molar-refractivity contribution in [2.24, 2.45) is 0 Å². The standard InChI is InChI=1S/C16H21FN6/c1-19-13-6-7-23(10-13)15-8-14(21-16(18)22-15)20-9-11-2-4-12(17)5-3-11/h2-5,8,13,19H,6-7,9-10H2,1H3,(H3,18,20,21,22)/t13-/m1/s1. The van der Waals surface area contributed by atoms with E-state index in [-0.39, 0.29) is 11.8 Å². The molecule has 7 heteroatoms. The van der Waals surface area contributed by atoms with Crippen LogP contribution in [0.1, 0.15) is 12.0 Å². The van der Waals surface area contributed by atoms with Crippen molar-refractivity contribution >= 4 is 17.6 Å². The van der Waals surface area contributed by atoms with Crippen molar-refractivity contribution in [2.75, 3.05) is 36.1 Å². The van der Waals surface area contributed by atoms with Crippen molar-refractivity contribution in [1.29, 1.82) is 0 Å². The summed E-state index contributed by atoms with van der Waals surface area (Å²) in [6.45, 7) is 2.40. The number of nitrogens with zero attached hydrogens (tertiary/aromatic N) is 3. The maximum Gasteiger partial charge on any atom is 0.223 e. The van der Waals surface area contributed by atoms with Crippen LogP contribution < -0.4 is 21.3 Å². The molecule has 1 aliphatic heterocycles. The third-order valence-corrected chi connectivity index (χ3v) is 4.04. The number of benzene rings is 1. The number of nitrogen functional groups attached to an aromatic ring is 1. The van der Waals surface area contributed by atoms with Crippen LogP contribution in [-0.2, 0) is 6.54 Å². The molecule has 1 aromatic carbocycles. The summed E-state index contributed by atoms with van der Waals surface area (Å²) in [5.41, 5.74) is 6.80. The lowest BCUT2D eigenvalue weighted by atomic mass is 10.2. The fourth-order valence-corrected chi connectivity index (χ4v) is 2.70. The first-order chi connectivity index (χ1) is 11.1. The first kappa shape index (κ1) is 15.5. The van der Waals surface area contributed by atoms with Gasteiger partial charge in [-0.2, -0.15) is 9.97 Å². The van der Waals surface area contributed by atoms with Crippen molar-refractivity contribution < 1.29 is 4.39 Å². The Hall–Kier alpha value is -2.41. The van der Waals surface area contributed by atoms with E-state index in [9.17, 15) is 4.39 Å². The van der Waals surface area contributed by atoms with Gasteiger partial charge in [0, 0.05) is 31.7 Å². The second kappa shape index (κ2) is 6.78. The number of halogens is 1. The van der Waals surface area contributed by atoms with E-state index in [4.69, 9.17) is 5.73 Å². The molecule has 0 spiro atoms. The fraction of sp³-hybridized carbons (Fsp3) is 0.375. The number of hydrogen-bond acceptors (Lipinski definition) is 6. The van der Waals surface area contributed by atoms with E-state index in [0.29, 0.717) is 18.4 Å². The molecule has 0 amide bonds. The molecule has 0 bridgehead atoms. The molecule has 3 rings (SSSR count). The Kier molecular flexibility index (Phi) is 4.57. The number of likely N-dealkylation sites (N-methyl/N-ethyl adjacent to an activating group) is 1. The third-order valence-electron chi connectivity index (χ3n) is 4.04. The van der Waals surface area contributed by atoms with Gasteiger partial charge in [0.05, 0.1) is 0 Å². The van der Waals surface area contributed by atoms with Crippen LogP contribution in [-0.4, -0.2) is 36.1 Å². The molecule has 1 fully saturated rings. The van der Waals surface area contributed by atoms with Gasteiger partial charge in [-0.25, -0.2) is 4.39 Å². The molecule has 6 nitrogen and oxygen atoms in total. The summed E-state index contributed by atoms with van der Waals surface area (Å²) < 4.78 is 12.9. The fourth-order valence-electron chi connectivity index (χ4n) is 2.70. The molecule has 1 aliphatic rings. The molecular formula is C16H21FN6. The van der Waals surface area contributed by atoms with Crippen molar-refractivity contribution in [1.82, 2.24) is 15.3 Å². The summed E-state index contributed by atoms with van der Waals surface area (Å²) in [6, 6.07) is 8.75. The molecule has 1 saturated heterocycles. The van der Waals surface area contributed by atoms with Gasteiger partial charge in [0.25, 0.3) is 0 Å². The third kappa shape index (κ3) is 3.87. The van der Waals surface area contributed by atoms with Crippen LogP contribution in [0, 0.1) is 5.82 Å². The highest BCUT2D eigenvalue weighted by molar-refractivity contribution is 5.53. The zero-order chi connectivity index (χ0) is 16.2. The minimum atomic E-state index is -0.240. The second-order valence-electron chi connectivity index (χ2n) is 5.67. The van der Waals surface area contributed by atoms with Gasteiger partial charge in [-0.1, -0.05) is 12.1 Å². The smallest absolute Gasteiger partial charge is 0.223 e. The van der Waals surface area contributed by atoms with Gasteiger partial charge in [-0.15, -0.1) is 0 Å². The van der Waals surface area contributed by atoms with Crippen LogP contribution in [0.5, 0.6) is 0 Å². The summed E-state index contributed by atoms with van der Waals surface area (Å²) >= 11 is 0. The highest BCUT2D eigenvalue weighted by Crippen LogP contribution is 2.22. The zero-order valence-electron chi connectivity index (χ0n) is 13.1. The predicted octanol–water partition coefficient (Wildman–Crippen LogP) is 1.61. The Balaban J connectivity index is 1.69. The number of nitrogens with two attached hydrogens (primary N) is 1. The highest BCUT2D eigenvalue weighted by Gasteiger charge is 2.22. The lowest BCUT2D eigenvalue weighted by Crippen LogP contribution is -2.30. The summed E-state index contributed by atoms with van der Waals surface area (Å²) in [6.07, 6.45) is 1.08. The first-order valence-corrected chi connectivity index (χ1v) is 7.69. The summed E-state index contributed by atoms with van der Waals surface area (Å²) in [5, 5.41) is 6.50. The van der Waals surface area contributed by atoms with Crippen LogP contribution >= 0.6 is 0 Å². The molecule has 0 saturated carbocycles. The minimum Gasteiger partial charge on any atom is -0.368 e. The summed E-state index contributed by atoms with van der Waals surface area (Å²) in [4.78, 5) is 10.7. The van der Waals surface area contributed by atoms with Gasteiger partial charge in [-0.3, -0.25) is 0 Å². The lowest BCUT2D eigenvalue weighted by molar-refractivity contribution is 0.616. The molecule has 1 aromatic heterocycles. The largest absolute Gasteiger partial charge is 0.368 e. The molecule has 0 aliphatic carbocycles. The van der Waals surface area contributed by atoms with Crippen LogP contribution in [0.25, 0.3) is 0 Å². The van der Waals surface area contributed by atoms with E-state index in [2.05, 4.69) is 25.5 Å².